The highest BCUT2D eigenvalue weighted by Gasteiger charge is 2.51. The van der Waals surface area contributed by atoms with Gasteiger partial charge in [0.15, 0.2) is 0 Å². The molecule has 0 radical (unpaired) electrons. The van der Waals surface area contributed by atoms with E-state index in [1.54, 1.807) is 0 Å². The minimum absolute atomic E-state index is 0.142. The fourth-order valence-electron chi connectivity index (χ4n) is 4.25. The lowest BCUT2D eigenvalue weighted by Gasteiger charge is -2.32. The quantitative estimate of drug-likeness (QED) is 0.746. The van der Waals surface area contributed by atoms with Crippen molar-refractivity contribution in [3.8, 4) is 23.3 Å². The Morgan fingerprint density at radius 1 is 1.00 bits per heavy atom. The van der Waals surface area contributed by atoms with Crippen LogP contribution in [0.4, 0.5) is 11.6 Å². The van der Waals surface area contributed by atoms with E-state index in [0.717, 1.165) is 43.4 Å². The van der Waals surface area contributed by atoms with Crippen LogP contribution in [0.3, 0.4) is 0 Å². The molecule has 4 rings (SSSR count). The average Bonchev–Trinajstić information content (AvgIpc) is 3.00. The summed E-state index contributed by atoms with van der Waals surface area (Å²) in [6.45, 7) is 9.67. The zero-order chi connectivity index (χ0) is 23.1. The van der Waals surface area contributed by atoms with E-state index in [9.17, 15) is 10.5 Å². The van der Waals surface area contributed by atoms with Gasteiger partial charge < -0.3 is 19.9 Å². The number of nitrogen functional groups attached to an aromatic ring is 1. The molecular formula is C24H28BN5O2. The number of benzene rings is 1. The Hall–Kier alpha value is -3.07. The Labute approximate surface area is 189 Å². The standard InChI is InChI=1S/C24H28BN5O2/c1-23(2)24(3,4)32-25(31-23)17-10-8-9-16(13-17)20-18(14-26)21(28)29-22(19(20)15-27)30-11-6-5-7-12-30/h8-10,13H,5-7,11-12H2,1-4H3,(H2,28,29). The van der Waals surface area contributed by atoms with E-state index in [1.807, 2.05) is 52.0 Å². The van der Waals surface area contributed by atoms with E-state index >= 15 is 0 Å². The van der Waals surface area contributed by atoms with Crippen molar-refractivity contribution in [2.45, 2.75) is 58.2 Å². The summed E-state index contributed by atoms with van der Waals surface area (Å²) >= 11 is 0. The second-order valence-corrected chi connectivity index (χ2v) is 9.43. The zero-order valence-electron chi connectivity index (χ0n) is 19.1. The van der Waals surface area contributed by atoms with Crippen LogP contribution < -0.4 is 16.1 Å². The van der Waals surface area contributed by atoms with Crippen molar-refractivity contribution < 1.29 is 9.31 Å². The Bertz CT molecular complexity index is 1110. The van der Waals surface area contributed by atoms with Crippen molar-refractivity contribution in [1.29, 1.82) is 10.5 Å². The number of rotatable bonds is 3. The molecule has 7 nitrogen and oxygen atoms in total. The van der Waals surface area contributed by atoms with Gasteiger partial charge in [-0.05, 0) is 58.0 Å². The molecule has 0 atom stereocenters. The lowest BCUT2D eigenvalue weighted by Crippen LogP contribution is -2.41. The van der Waals surface area contributed by atoms with E-state index in [4.69, 9.17) is 15.0 Å². The smallest absolute Gasteiger partial charge is 0.399 e. The topological polar surface area (TPSA) is 108 Å². The van der Waals surface area contributed by atoms with Gasteiger partial charge in [0.25, 0.3) is 0 Å². The van der Waals surface area contributed by atoms with E-state index in [2.05, 4.69) is 22.0 Å². The highest BCUT2D eigenvalue weighted by Crippen LogP contribution is 2.38. The van der Waals surface area contributed by atoms with Gasteiger partial charge >= 0.3 is 7.12 Å². The summed E-state index contributed by atoms with van der Waals surface area (Å²) in [5, 5.41) is 20.0. The lowest BCUT2D eigenvalue weighted by molar-refractivity contribution is 0.00578. The molecule has 0 unspecified atom stereocenters. The molecule has 3 heterocycles. The Kier molecular flexibility index (Phi) is 5.62. The summed E-state index contributed by atoms with van der Waals surface area (Å²) in [5.74, 6) is 0.697. The van der Waals surface area contributed by atoms with Crippen LogP contribution in [0.2, 0.25) is 0 Å². The van der Waals surface area contributed by atoms with Gasteiger partial charge in [-0.2, -0.15) is 10.5 Å². The van der Waals surface area contributed by atoms with Crippen LogP contribution in [0.25, 0.3) is 11.1 Å². The average molecular weight is 429 g/mol. The molecule has 2 saturated heterocycles. The molecule has 164 valence electrons. The van der Waals surface area contributed by atoms with E-state index in [-0.39, 0.29) is 11.4 Å². The molecule has 0 amide bonds. The summed E-state index contributed by atoms with van der Waals surface area (Å²) in [4.78, 5) is 6.57. The molecule has 2 aliphatic heterocycles. The van der Waals surface area contributed by atoms with Crippen molar-refractivity contribution in [3.63, 3.8) is 0 Å². The lowest BCUT2D eigenvalue weighted by atomic mass is 9.77. The molecule has 2 aliphatic rings. The summed E-state index contributed by atoms with van der Waals surface area (Å²) < 4.78 is 12.4. The highest BCUT2D eigenvalue weighted by molar-refractivity contribution is 6.62. The van der Waals surface area contributed by atoms with Crippen molar-refractivity contribution in [2.75, 3.05) is 23.7 Å². The first-order valence-corrected chi connectivity index (χ1v) is 11.0. The molecule has 32 heavy (non-hydrogen) atoms. The Balaban J connectivity index is 1.84. The first kappa shape index (κ1) is 22.1. The third-order valence-corrected chi connectivity index (χ3v) is 6.79. The van der Waals surface area contributed by atoms with Crippen molar-refractivity contribution >= 4 is 24.2 Å². The molecular weight excluding hydrogens is 401 g/mol. The first-order chi connectivity index (χ1) is 15.2. The predicted octanol–water partition coefficient (Wildman–Crippen LogP) is 3.36. The monoisotopic (exact) mass is 429 g/mol. The maximum atomic E-state index is 10.1. The van der Waals surface area contributed by atoms with Crippen LogP contribution in [0.15, 0.2) is 24.3 Å². The minimum atomic E-state index is -0.545. The number of hydrogen-bond acceptors (Lipinski definition) is 7. The molecule has 2 fully saturated rings. The van der Waals surface area contributed by atoms with Gasteiger partial charge in [0.05, 0.1) is 11.2 Å². The summed E-state index contributed by atoms with van der Waals surface area (Å²) in [5.41, 5.74) is 7.93. The van der Waals surface area contributed by atoms with Gasteiger partial charge in [-0.15, -0.1) is 0 Å². The maximum Gasteiger partial charge on any atom is 0.494 e. The first-order valence-electron chi connectivity index (χ1n) is 11.0. The summed E-state index contributed by atoms with van der Waals surface area (Å²) in [7, 11) is -0.545. The van der Waals surface area contributed by atoms with Crippen LogP contribution in [0, 0.1) is 22.7 Å². The van der Waals surface area contributed by atoms with Gasteiger partial charge in [0.2, 0.25) is 0 Å². The molecule has 0 bridgehead atoms. The van der Waals surface area contributed by atoms with Crippen molar-refractivity contribution in [1.82, 2.24) is 4.98 Å². The normalized spacial score (nSPS) is 19.4. The number of nitriles is 2. The van der Waals surface area contributed by atoms with Crippen molar-refractivity contribution in [3.05, 3.63) is 35.4 Å². The van der Waals surface area contributed by atoms with Gasteiger partial charge in [0.1, 0.15) is 34.9 Å². The third kappa shape index (κ3) is 3.70. The number of nitrogens with zero attached hydrogens (tertiary/aromatic N) is 4. The van der Waals surface area contributed by atoms with Crippen molar-refractivity contribution in [2.24, 2.45) is 0 Å². The SMILES string of the molecule is CC1(C)OB(c2cccc(-c3c(C#N)c(N)nc(N4CCCCC4)c3C#N)c2)OC1(C)C. The van der Waals surface area contributed by atoms with Gasteiger partial charge in [-0.1, -0.05) is 24.3 Å². The molecule has 1 aromatic heterocycles. The number of anilines is 2. The molecule has 8 heteroatoms. The Morgan fingerprint density at radius 3 is 2.22 bits per heavy atom. The Morgan fingerprint density at radius 2 is 1.62 bits per heavy atom. The second kappa shape index (κ2) is 8.13. The molecule has 0 spiro atoms. The van der Waals surface area contributed by atoms with E-state index in [1.165, 1.54) is 0 Å². The summed E-state index contributed by atoms with van der Waals surface area (Å²) in [6, 6.07) is 12.1. The molecule has 0 saturated carbocycles. The van der Waals surface area contributed by atoms with Crippen LogP contribution in [0.1, 0.15) is 58.1 Å². The molecule has 2 aromatic rings. The summed E-state index contributed by atoms with van der Waals surface area (Å²) in [6.07, 6.45) is 3.24. The molecule has 0 aliphatic carbocycles. The fraction of sp³-hybridized carbons (Fsp3) is 0.458. The van der Waals surface area contributed by atoms with Crippen LogP contribution in [-0.4, -0.2) is 36.4 Å². The predicted molar refractivity (Wildman–Crippen MR) is 125 cm³/mol. The molecule has 2 N–H and O–H groups in total. The van der Waals surface area contributed by atoms with Gasteiger partial charge in [-0.25, -0.2) is 4.98 Å². The second-order valence-electron chi connectivity index (χ2n) is 9.43. The van der Waals surface area contributed by atoms with Crippen LogP contribution >= 0.6 is 0 Å². The number of nitrogens with two attached hydrogens (primary N) is 1. The number of piperidine rings is 1. The number of pyridine rings is 1. The van der Waals surface area contributed by atoms with E-state index < -0.39 is 18.3 Å². The number of aromatic nitrogens is 1. The van der Waals surface area contributed by atoms with Gasteiger partial charge in [0, 0.05) is 18.7 Å². The van der Waals surface area contributed by atoms with Gasteiger partial charge in [-0.3, -0.25) is 0 Å². The van der Waals surface area contributed by atoms with Crippen LogP contribution in [0.5, 0.6) is 0 Å². The van der Waals surface area contributed by atoms with Crippen LogP contribution in [-0.2, 0) is 9.31 Å². The third-order valence-electron chi connectivity index (χ3n) is 6.79. The maximum absolute atomic E-state index is 10.1. The highest BCUT2D eigenvalue weighted by atomic mass is 16.7. The fourth-order valence-corrected chi connectivity index (χ4v) is 4.25. The minimum Gasteiger partial charge on any atom is -0.399 e. The largest absolute Gasteiger partial charge is 0.494 e. The van der Waals surface area contributed by atoms with E-state index in [0.29, 0.717) is 16.9 Å². The number of hydrogen-bond donors (Lipinski definition) is 1. The zero-order valence-corrected chi connectivity index (χ0v) is 19.1. The molecule has 1 aromatic carbocycles.